The molecule has 0 saturated heterocycles. The molecule has 0 bridgehead atoms. The molecule has 21 heavy (non-hydrogen) atoms. The second kappa shape index (κ2) is 9.23. The first kappa shape index (κ1) is 18.2. The summed E-state index contributed by atoms with van der Waals surface area (Å²) in [6.07, 6.45) is 2.74. The number of hydrogen-bond acceptors (Lipinski definition) is 3. The van der Waals surface area contributed by atoms with Gasteiger partial charge in [0.1, 0.15) is 0 Å². The van der Waals surface area contributed by atoms with E-state index in [0.29, 0.717) is 11.6 Å². The fourth-order valence-electron chi connectivity index (χ4n) is 2.08. The van der Waals surface area contributed by atoms with Gasteiger partial charge in [0, 0.05) is 20.6 Å². The van der Waals surface area contributed by atoms with E-state index in [1.807, 2.05) is 19.0 Å². The highest BCUT2D eigenvalue weighted by Gasteiger charge is 2.11. The molecule has 120 valence electrons. The van der Waals surface area contributed by atoms with Crippen molar-refractivity contribution in [3.8, 4) is 0 Å². The van der Waals surface area contributed by atoms with Gasteiger partial charge in [0.15, 0.2) is 5.11 Å². The molecule has 0 spiro atoms. The van der Waals surface area contributed by atoms with Gasteiger partial charge in [-0.2, -0.15) is 5.10 Å². The number of nitrogens with zero attached hydrogens (tertiary/aromatic N) is 4. The van der Waals surface area contributed by atoms with Gasteiger partial charge in [-0.05, 0) is 38.3 Å². The summed E-state index contributed by atoms with van der Waals surface area (Å²) in [6.45, 7) is 9.20. The molecule has 0 radical (unpaired) electrons. The van der Waals surface area contributed by atoms with Crippen molar-refractivity contribution in [1.82, 2.24) is 24.9 Å². The summed E-state index contributed by atoms with van der Waals surface area (Å²) < 4.78 is 1.78. The van der Waals surface area contributed by atoms with E-state index < -0.39 is 0 Å². The highest BCUT2D eigenvalue weighted by atomic mass is 35.5. The SMILES string of the molecule is CCN(CC)CCCNC(=S)N(C)Cc1c(Cl)cnn1C. The lowest BCUT2D eigenvalue weighted by Gasteiger charge is -2.22. The van der Waals surface area contributed by atoms with Gasteiger partial charge in [-0.15, -0.1) is 0 Å². The largest absolute Gasteiger partial charge is 0.363 e. The van der Waals surface area contributed by atoms with Gasteiger partial charge in [-0.1, -0.05) is 25.4 Å². The van der Waals surface area contributed by atoms with E-state index in [1.165, 1.54) is 0 Å². The van der Waals surface area contributed by atoms with E-state index in [0.717, 1.165) is 43.4 Å². The van der Waals surface area contributed by atoms with Gasteiger partial charge in [-0.3, -0.25) is 4.68 Å². The maximum atomic E-state index is 6.11. The van der Waals surface area contributed by atoms with E-state index in [9.17, 15) is 0 Å². The summed E-state index contributed by atoms with van der Waals surface area (Å²) in [7, 11) is 3.85. The zero-order valence-electron chi connectivity index (χ0n) is 13.4. The third-order valence-electron chi connectivity index (χ3n) is 3.57. The molecule has 7 heteroatoms. The lowest BCUT2D eigenvalue weighted by Crippen LogP contribution is -2.38. The molecular formula is C14H26ClN5S. The lowest BCUT2D eigenvalue weighted by atomic mass is 10.3. The first-order chi connectivity index (χ1) is 9.99. The molecule has 0 amide bonds. The van der Waals surface area contributed by atoms with Crippen LogP contribution in [0.1, 0.15) is 26.0 Å². The van der Waals surface area contributed by atoms with Gasteiger partial charge >= 0.3 is 0 Å². The summed E-state index contributed by atoms with van der Waals surface area (Å²) in [4.78, 5) is 4.39. The molecule has 0 unspecified atom stereocenters. The van der Waals surface area contributed by atoms with Crippen LogP contribution in [0.5, 0.6) is 0 Å². The molecule has 1 rings (SSSR count). The summed E-state index contributed by atoms with van der Waals surface area (Å²) in [5, 5.41) is 8.84. The first-order valence-electron chi connectivity index (χ1n) is 7.37. The molecule has 0 aliphatic carbocycles. The maximum absolute atomic E-state index is 6.11. The molecule has 1 N–H and O–H groups in total. The Bertz CT molecular complexity index is 425. The van der Waals surface area contributed by atoms with Crippen LogP contribution in [-0.2, 0) is 13.6 Å². The highest BCUT2D eigenvalue weighted by Crippen LogP contribution is 2.15. The number of nitrogens with one attached hydrogen (secondary N) is 1. The van der Waals surface area contributed by atoms with Gasteiger partial charge in [0.05, 0.1) is 23.5 Å². The topological polar surface area (TPSA) is 36.3 Å². The Morgan fingerprint density at radius 2 is 2.10 bits per heavy atom. The first-order valence-corrected chi connectivity index (χ1v) is 8.15. The number of hydrogen-bond donors (Lipinski definition) is 1. The van der Waals surface area contributed by atoms with Crippen LogP contribution in [0, 0.1) is 0 Å². The second-order valence-electron chi connectivity index (χ2n) is 5.03. The van der Waals surface area contributed by atoms with Crippen molar-refractivity contribution in [1.29, 1.82) is 0 Å². The van der Waals surface area contributed by atoms with Crippen molar-refractivity contribution < 1.29 is 0 Å². The monoisotopic (exact) mass is 331 g/mol. The summed E-state index contributed by atoms with van der Waals surface area (Å²) in [6, 6.07) is 0. The Balaban J connectivity index is 2.32. The Hall–Kier alpha value is -0.850. The Morgan fingerprint density at radius 1 is 1.43 bits per heavy atom. The summed E-state index contributed by atoms with van der Waals surface area (Å²) in [5.41, 5.74) is 0.964. The Kier molecular flexibility index (Phi) is 8.00. The Labute approximate surface area is 138 Å². The molecule has 0 aliphatic heterocycles. The third kappa shape index (κ3) is 5.80. The standard InChI is InChI=1S/C14H26ClN5S/c1-5-20(6-2)9-7-8-16-14(21)18(3)11-13-12(15)10-17-19(13)4/h10H,5-9,11H2,1-4H3,(H,16,21). The minimum absolute atomic E-state index is 0.650. The third-order valence-corrected chi connectivity index (χ3v) is 4.34. The minimum atomic E-state index is 0.650. The van der Waals surface area contributed by atoms with E-state index in [-0.39, 0.29) is 0 Å². The van der Waals surface area contributed by atoms with Crippen LogP contribution in [0.2, 0.25) is 5.02 Å². The summed E-state index contributed by atoms with van der Waals surface area (Å²) in [5.74, 6) is 0. The van der Waals surface area contributed by atoms with Crippen molar-refractivity contribution in [2.45, 2.75) is 26.8 Å². The lowest BCUT2D eigenvalue weighted by molar-refractivity contribution is 0.299. The van der Waals surface area contributed by atoms with E-state index >= 15 is 0 Å². The van der Waals surface area contributed by atoms with Crippen molar-refractivity contribution >= 4 is 28.9 Å². The fraction of sp³-hybridized carbons (Fsp3) is 0.714. The normalized spacial score (nSPS) is 11.0. The molecule has 0 aliphatic rings. The molecule has 1 aromatic heterocycles. The quantitative estimate of drug-likeness (QED) is 0.583. The molecule has 0 aromatic carbocycles. The van der Waals surface area contributed by atoms with Gasteiger partial charge in [-0.25, -0.2) is 0 Å². The highest BCUT2D eigenvalue weighted by molar-refractivity contribution is 7.80. The molecule has 5 nitrogen and oxygen atoms in total. The number of halogens is 1. The maximum Gasteiger partial charge on any atom is 0.169 e. The molecule has 0 atom stereocenters. The van der Waals surface area contributed by atoms with Crippen molar-refractivity contribution in [2.75, 3.05) is 33.2 Å². The van der Waals surface area contributed by atoms with Crippen LogP contribution >= 0.6 is 23.8 Å². The van der Waals surface area contributed by atoms with E-state index in [2.05, 4.69) is 29.2 Å². The van der Waals surface area contributed by atoms with Crippen molar-refractivity contribution in [3.05, 3.63) is 16.9 Å². The minimum Gasteiger partial charge on any atom is -0.363 e. The van der Waals surface area contributed by atoms with Gasteiger partial charge < -0.3 is 15.1 Å². The number of thiocarbonyl (C=S) groups is 1. The number of rotatable bonds is 8. The summed E-state index contributed by atoms with van der Waals surface area (Å²) >= 11 is 11.5. The second-order valence-corrected chi connectivity index (χ2v) is 5.83. The molecule has 1 aromatic rings. The predicted octanol–water partition coefficient (Wildman–Crippen LogP) is 2.11. The van der Waals surface area contributed by atoms with Crippen LogP contribution in [0.25, 0.3) is 0 Å². The van der Waals surface area contributed by atoms with E-state index in [4.69, 9.17) is 23.8 Å². The zero-order valence-corrected chi connectivity index (χ0v) is 15.0. The molecular weight excluding hydrogens is 306 g/mol. The average Bonchev–Trinajstić information content (AvgIpc) is 2.79. The zero-order chi connectivity index (χ0) is 15.8. The predicted molar refractivity (Wildman–Crippen MR) is 92.7 cm³/mol. The van der Waals surface area contributed by atoms with Gasteiger partial charge in [0.2, 0.25) is 0 Å². The fourth-order valence-corrected chi connectivity index (χ4v) is 2.48. The van der Waals surface area contributed by atoms with Gasteiger partial charge in [0.25, 0.3) is 0 Å². The average molecular weight is 332 g/mol. The number of aromatic nitrogens is 2. The van der Waals surface area contributed by atoms with Crippen molar-refractivity contribution in [2.24, 2.45) is 7.05 Å². The number of aryl methyl sites for hydroxylation is 1. The molecule has 0 fully saturated rings. The van der Waals surface area contributed by atoms with Crippen LogP contribution in [0.3, 0.4) is 0 Å². The Morgan fingerprint density at radius 3 is 2.62 bits per heavy atom. The van der Waals surface area contributed by atoms with Crippen LogP contribution in [0.4, 0.5) is 0 Å². The smallest absolute Gasteiger partial charge is 0.169 e. The van der Waals surface area contributed by atoms with Crippen molar-refractivity contribution in [3.63, 3.8) is 0 Å². The van der Waals surface area contributed by atoms with Crippen LogP contribution < -0.4 is 5.32 Å². The van der Waals surface area contributed by atoms with Crippen LogP contribution in [-0.4, -0.2) is 57.9 Å². The van der Waals surface area contributed by atoms with E-state index in [1.54, 1.807) is 10.9 Å². The van der Waals surface area contributed by atoms with Crippen LogP contribution in [0.15, 0.2) is 6.20 Å². The molecule has 1 heterocycles. The molecule has 0 saturated carbocycles.